The Hall–Kier alpha value is -1.30. The van der Waals surface area contributed by atoms with Gasteiger partial charge in [-0.05, 0) is 31.1 Å². The van der Waals surface area contributed by atoms with Crippen LogP contribution >= 0.6 is 0 Å². The molecule has 0 bridgehead atoms. The summed E-state index contributed by atoms with van der Waals surface area (Å²) in [4.78, 5) is 28.3. The van der Waals surface area contributed by atoms with Crippen molar-refractivity contribution in [3.8, 4) is 0 Å². The van der Waals surface area contributed by atoms with Crippen LogP contribution in [0.5, 0.6) is 0 Å². The average Bonchev–Trinajstić information content (AvgIpc) is 2.40. The molecule has 108 valence electrons. The zero-order valence-electron chi connectivity index (χ0n) is 11.2. The molecule has 6 nitrogen and oxygen atoms in total. The monoisotopic (exact) mass is 270 g/mol. The number of carboxylic acids is 1. The Labute approximate surface area is 113 Å². The molecule has 0 atom stereocenters. The van der Waals surface area contributed by atoms with Gasteiger partial charge in [0.05, 0.1) is 0 Å². The lowest BCUT2D eigenvalue weighted by molar-refractivity contribution is -0.144. The van der Waals surface area contributed by atoms with E-state index in [-0.39, 0.29) is 6.03 Å². The van der Waals surface area contributed by atoms with E-state index >= 15 is 0 Å². The van der Waals surface area contributed by atoms with E-state index in [0.717, 1.165) is 25.9 Å². The van der Waals surface area contributed by atoms with Crippen LogP contribution in [-0.4, -0.2) is 41.7 Å². The number of amides is 2. The van der Waals surface area contributed by atoms with E-state index in [9.17, 15) is 9.59 Å². The van der Waals surface area contributed by atoms with Crippen LogP contribution in [0.1, 0.15) is 44.9 Å². The molecule has 2 N–H and O–H groups in total. The molecule has 2 fully saturated rings. The predicted molar refractivity (Wildman–Crippen MR) is 68.4 cm³/mol. The van der Waals surface area contributed by atoms with Crippen LogP contribution in [0.4, 0.5) is 4.79 Å². The number of likely N-dealkylation sites (tertiary alicyclic amines) is 1. The highest BCUT2D eigenvalue weighted by Crippen LogP contribution is 2.44. The topological polar surface area (TPSA) is 78.9 Å². The van der Waals surface area contributed by atoms with Gasteiger partial charge in [0.1, 0.15) is 0 Å². The number of aliphatic carboxylic acids is 1. The number of hydroxylamine groups is 1. The molecule has 0 aromatic heterocycles. The minimum atomic E-state index is -1.10. The standard InChI is InChI=1S/C13H22N2O4/c16-11(17)10-19-14-12(18)15-8-6-13(7-9-15)4-2-1-3-5-13/h1-10H2,(H,14,18)(H,16,17). The number of urea groups is 1. The second-order valence-electron chi connectivity index (χ2n) is 5.64. The van der Waals surface area contributed by atoms with Gasteiger partial charge in [-0.2, -0.15) is 0 Å². The average molecular weight is 270 g/mol. The molecule has 1 saturated carbocycles. The maximum Gasteiger partial charge on any atom is 0.341 e. The Morgan fingerprint density at radius 1 is 1.11 bits per heavy atom. The minimum absolute atomic E-state index is 0.327. The Balaban J connectivity index is 1.73. The van der Waals surface area contributed by atoms with Gasteiger partial charge < -0.3 is 10.0 Å². The van der Waals surface area contributed by atoms with Gasteiger partial charge in [-0.1, -0.05) is 19.3 Å². The van der Waals surface area contributed by atoms with Gasteiger partial charge in [0, 0.05) is 13.1 Å². The summed E-state index contributed by atoms with van der Waals surface area (Å²) in [5, 5.41) is 8.41. The van der Waals surface area contributed by atoms with Crippen molar-refractivity contribution in [2.45, 2.75) is 44.9 Å². The molecule has 0 unspecified atom stereocenters. The summed E-state index contributed by atoms with van der Waals surface area (Å²) >= 11 is 0. The minimum Gasteiger partial charge on any atom is -0.479 e. The normalized spacial score (nSPS) is 22.2. The van der Waals surface area contributed by atoms with E-state index in [4.69, 9.17) is 5.11 Å². The molecule has 0 aromatic carbocycles. The van der Waals surface area contributed by atoms with E-state index in [1.165, 1.54) is 32.1 Å². The fourth-order valence-corrected chi connectivity index (χ4v) is 3.21. The lowest BCUT2D eigenvalue weighted by atomic mass is 9.68. The highest BCUT2D eigenvalue weighted by molar-refractivity contribution is 5.73. The molecule has 2 amide bonds. The largest absolute Gasteiger partial charge is 0.479 e. The fourth-order valence-electron chi connectivity index (χ4n) is 3.21. The van der Waals surface area contributed by atoms with E-state index < -0.39 is 12.6 Å². The number of nitrogens with zero attached hydrogens (tertiary/aromatic N) is 1. The van der Waals surface area contributed by atoms with Gasteiger partial charge in [-0.25, -0.2) is 15.1 Å². The summed E-state index contributed by atoms with van der Waals surface area (Å²) in [5.74, 6) is -1.10. The smallest absolute Gasteiger partial charge is 0.341 e. The molecule has 1 aliphatic heterocycles. The van der Waals surface area contributed by atoms with Crippen LogP contribution in [-0.2, 0) is 9.63 Å². The number of hydrogen-bond donors (Lipinski definition) is 2. The fraction of sp³-hybridized carbons (Fsp3) is 0.846. The van der Waals surface area contributed by atoms with E-state index in [1.54, 1.807) is 4.90 Å². The van der Waals surface area contributed by atoms with Crippen molar-refractivity contribution >= 4 is 12.0 Å². The predicted octanol–water partition coefficient (Wildman–Crippen LogP) is 1.76. The van der Waals surface area contributed by atoms with Gasteiger partial charge in [-0.3, -0.25) is 4.84 Å². The highest BCUT2D eigenvalue weighted by atomic mass is 16.7. The van der Waals surface area contributed by atoms with Crippen LogP contribution in [0.15, 0.2) is 0 Å². The lowest BCUT2D eigenvalue weighted by Crippen LogP contribution is -2.48. The SMILES string of the molecule is O=C(O)CONC(=O)N1CCC2(CCCCC2)CC1. The van der Waals surface area contributed by atoms with Crippen molar-refractivity contribution in [2.24, 2.45) is 5.41 Å². The summed E-state index contributed by atoms with van der Waals surface area (Å²) < 4.78 is 0. The second kappa shape index (κ2) is 6.23. The molecular formula is C13H22N2O4. The van der Waals surface area contributed by atoms with Gasteiger partial charge >= 0.3 is 12.0 Å². The number of carbonyl (C=O) groups is 2. The lowest BCUT2D eigenvalue weighted by Gasteiger charge is -2.44. The van der Waals surface area contributed by atoms with Gasteiger partial charge in [0.2, 0.25) is 0 Å². The summed E-state index contributed by atoms with van der Waals surface area (Å²) in [5.41, 5.74) is 2.64. The van der Waals surface area contributed by atoms with Crippen molar-refractivity contribution in [2.75, 3.05) is 19.7 Å². The second-order valence-corrected chi connectivity index (χ2v) is 5.64. The number of carboxylic acid groups (broad SMARTS) is 1. The van der Waals surface area contributed by atoms with Crippen molar-refractivity contribution in [1.29, 1.82) is 0 Å². The summed E-state index contributed by atoms with van der Waals surface area (Å²) in [6, 6.07) is -0.327. The molecular weight excluding hydrogens is 248 g/mol. The molecule has 2 rings (SSSR count). The molecule has 0 radical (unpaired) electrons. The van der Waals surface area contributed by atoms with Crippen LogP contribution < -0.4 is 5.48 Å². The van der Waals surface area contributed by atoms with Crippen molar-refractivity contribution in [3.63, 3.8) is 0 Å². The number of rotatable bonds is 3. The van der Waals surface area contributed by atoms with E-state index in [2.05, 4.69) is 10.3 Å². The van der Waals surface area contributed by atoms with Crippen molar-refractivity contribution < 1.29 is 19.5 Å². The third kappa shape index (κ3) is 3.83. The van der Waals surface area contributed by atoms with Crippen molar-refractivity contribution in [1.82, 2.24) is 10.4 Å². The first-order valence-corrected chi connectivity index (χ1v) is 7.00. The Bertz CT molecular complexity index is 330. The summed E-state index contributed by atoms with van der Waals surface area (Å²) in [6.45, 7) is 0.966. The maximum atomic E-state index is 11.7. The molecule has 1 heterocycles. The molecule has 1 aliphatic carbocycles. The molecule has 6 heteroatoms. The van der Waals surface area contributed by atoms with Gasteiger partial charge in [0.15, 0.2) is 6.61 Å². The summed E-state index contributed by atoms with van der Waals surface area (Å²) in [7, 11) is 0. The zero-order valence-corrected chi connectivity index (χ0v) is 11.2. The first kappa shape index (κ1) is 14.1. The third-order valence-electron chi connectivity index (χ3n) is 4.38. The summed E-state index contributed by atoms with van der Waals surface area (Å²) in [6.07, 6.45) is 8.66. The van der Waals surface area contributed by atoms with Crippen LogP contribution in [0.3, 0.4) is 0 Å². The molecule has 1 spiro atoms. The highest BCUT2D eigenvalue weighted by Gasteiger charge is 2.36. The first-order chi connectivity index (χ1) is 9.11. The van der Waals surface area contributed by atoms with Crippen LogP contribution in [0, 0.1) is 5.41 Å². The van der Waals surface area contributed by atoms with Gasteiger partial charge in [0.25, 0.3) is 0 Å². The third-order valence-corrected chi connectivity index (χ3v) is 4.38. The van der Waals surface area contributed by atoms with E-state index in [0.29, 0.717) is 5.41 Å². The Morgan fingerprint density at radius 3 is 2.32 bits per heavy atom. The molecule has 19 heavy (non-hydrogen) atoms. The zero-order chi connectivity index (χ0) is 13.7. The first-order valence-electron chi connectivity index (χ1n) is 7.00. The Morgan fingerprint density at radius 2 is 1.74 bits per heavy atom. The molecule has 2 aliphatic rings. The van der Waals surface area contributed by atoms with Crippen LogP contribution in [0.2, 0.25) is 0 Å². The Kier molecular flexibility index (Phi) is 4.63. The number of hydrogen-bond acceptors (Lipinski definition) is 3. The van der Waals surface area contributed by atoms with Gasteiger partial charge in [-0.15, -0.1) is 0 Å². The maximum absolute atomic E-state index is 11.7. The molecule has 1 saturated heterocycles. The number of carbonyl (C=O) groups excluding carboxylic acids is 1. The van der Waals surface area contributed by atoms with Crippen molar-refractivity contribution in [3.05, 3.63) is 0 Å². The quantitative estimate of drug-likeness (QED) is 0.766. The molecule has 0 aromatic rings. The van der Waals surface area contributed by atoms with E-state index in [1.807, 2.05) is 0 Å². The van der Waals surface area contributed by atoms with Crippen LogP contribution in [0.25, 0.3) is 0 Å². The number of piperidine rings is 1. The number of nitrogens with one attached hydrogen (secondary N) is 1.